The molecule has 0 aromatic heterocycles. The van der Waals surface area contributed by atoms with E-state index >= 15 is 0 Å². The van der Waals surface area contributed by atoms with Crippen LogP contribution in [-0.4, -0.2) is 43.6 Å². The van der Waals surface area contributed by atoms with Gasteiger partial charge in [-0.05, 0) is 12.5 Å². The lowest BCUT2D eigenvalue weighted by Crippen LogP contribution is -2.48. The molecule has 1 aliphatic rings. The number of amides is 1. The van der Waals surface area contributed by atoms with Crippen LogP contribution in [0.15, 0.2) is 30.3 Å². The summed E-state index contributed by atoms with van der Waals surface area (Å²) in [5, 5.41) is 3.25. The molecule has 106 valence electrons. The molecule has 0 bridgehead atoms. The first kappa shape index (κ1) is 16.0. The van der Waals surface area contributed by atoms with Crippen molar-refractivity contribution in [2.75, 3.05) is 32.8 Å². The van der Waals surface area contributed by atoms with Crippen molar-refractivity contribution >= 4 is 18.3 Å². The number of nitrogens with one attached hydrogen (secondary N) is 1. The van der Waals surface area contributed by atoms with Gasteiger partial charge in [0.25, 0.3) is 5.91 Å². The maximum absolute atomic E-state index is 12.5. The Hall–Kier alpha value is -1.10. The molecule has 1 unspecified atom stereocenters. The van der Waals surface area contributed by atoms with Gasteiger partial charge in [0, 0.05) is 32.8 Å². The van der Waals surface area contributed by atoms with Crippen LogP contribution in [0.2, 0.25) is 0 Å². The summed E-state index contributed by atoms with van der Waals surface area (Å²) < 4.78 is 5.63. The first-order valence-electron chi connectivity index (χ1n) is 6.49. The lowest BCUT2D eigenvalue weighted by atomic mass is 10.1. The number of halogens is 1. The number of benzene rings is 1. The molecule has 1 aromatic carbocycles. The van der Waals surface area contributed by atoms with Crippen LogP contribution in [0.1, 0.15) is 18.6 Å². The summed E-state index contributed by atoms with van der Waals surface area (Å²) >= 11 is 0. The van der Waals surface area contributed by atoms with Crippen LogP contribution in [0.5, 0.6) is 0 Å². The molecule has 1 N–H and O–H groups in total. The molecule has 1 saturated heterocycles. The van der Waals surface area contributed by atoms with E-state index in [1.165, 1.54) is 0 Å². The average molecular weight is 285 g/mol. The van der Waals surface area contributed by atoms with Crippen LogP contribution >= 0.6 is 12.4 Å². The van der Waals surface area contributed by atoms with Gasteiger partial charge in [0.05, 0.1) is 0 Å². The molecule has 5 heteroatoms. The van der Waals surface area contributed by atoms with E-state index < -0.39 is 6.10 Å². The van der Waals surface area contributed by atoms with Crippen molar-refractivity contribution in [3.05, 3.63) is 35.9 Å². The van der Waals surface area contributed by atoms with Crippen molar-refractivity contribution in [3.63, 3.8) is 0 Å². The Morgan fingerprint density at radius 3 is 2.53 bits per heavy atom. The summed E-state index contributed by atoms with van der Waals surface area (Å²) in [6.45, 7) is 5.70. The summed E-state index contributed by atoms with van der Waals surface area (Å²) in [6.07, 6.45) is -0.464. The fourth-order valence-corrected chi connectivity index (χ4v) is 2.16. The minimum atomic E-state index is -0.464. The van der Waals surface area contributed by atoms with E-state index in [2.05, 4.69) is 5.32 Å². The third kappa shape index (κ3) is 4.20. The zero-order valence-electron chi connectivity index (χ0n) is 11.2. The molecule has 4 nitrogen and oxygen atoms in total. The summed E-state index contributed by atoms with van der Waals surface area (Å²) in [5.74, 6) is 0.0737. The molecule has 1 aromatic rings. The number of carbonyl (C=O) groups is 1. The van der Waals surface area contributed by atoms with Gasteiger partial charge in [-0.3, -0.25) is 4.79 Å². The van der Waals surface area contributed by atoms with Gasteiger partial charge in [-0.2, -0.15) is 0 Å². The summed E-state index contributed by atoms with van der Waals surface area (Å²) in [5.41, 5.74) is 0.933. The highest BCUT2D eigenvalue weighted by atomic mass is 35.5. The van der Waals surface area contributed by atoms with Gasteiger partial charge in [-0.1, -0.05) is 30.3 Å². The van der Waals surface area contributed by atoms with E-state index in [-0.39, 0.29) is 18.3 Å². The van der Waals surface area contributed by atoms with Crippen molar-refractivity contribution in [3.8, 4) is 0 Å². The molecule has 0 spiro atoms. The van der Waals surface area contributed by atoms with Gasteiger partial charge < -0.3 is 15.0 Å². The molecule has 1 fully saturated rings. The third-order valence-corrected chi connectivity index (χ3v) is 3.09. The van der Waals surface area contributed by atoms with Gasteiger partial charge in [0.2, 0.25) is 0 Å². The minimum absolute atomic E-state index is 0. The third-order valence-electron chi connectivity index (χ3n) is 3.09. The molecular formula is C14H21ClN2O2. The highest BCUT2D eigenvalue weighted by Gasteiger charge is 2.26. The van der Waals surface area contributed by atoms with Crippen LogP contribution in [0.4, 0.5) is 0 Å². The number of hydrogen-bond acceptors (Lipinski definition) is 3. The van der Waals surface area contributed by atoms with E-state index in [1.54, 1.807) is 0 Å². The highest BCUT2D eigenvalue weighted by Crippen LogP contribution is 2.20. The van der Waals surface area contributed by atoms with Crippen molar-refractivity contribution in [2.45, 2.75) is 13.0 Å². The van der Waals surface area contributed by atoms with Gasteiger partial charge in [-0.25, -0.2) is 0 Å². The fraction of sp³-hybridized carbons (Fsp3) is 0.500. The van der Waals surface area contributed by atoms with Crippen LogP contribution in [0.3, 0.4) is 0 Å². The smallest absolute Gasteiger partial charge is 0.256 e. The second kappa shape index (κ2) is 8.15. The molecule has 1 atom stereocenters. The molecule has 1 aliphatic heterocycles. The SMILES string of the molecule is CCOC(C(=O)N1CCNCC1)c1ccccc1.Cl. The molecule has 0 aliphatic carbocycles. The zero-order valence-corrected chi connectivity index (χ0v) is 12.0. The normalized spacial score (nSPS) is 16.6. The largest absolute Gasteiger partial charge is 0.364 e. The number of piperazine rings is 1. The van der Waals surface area contributed by atoms with E-state index in [0.717, 1.165) is 31.7 Å². The molecule has 0 radical (unpaired) electrons. The number of hydrogen-bond donors (Lipinski definition) is 1. The Balaban J connectivity index is 0.00000180. The quantitative estimate of drug-likeness (QED) is 0.913. The standard InChI is InChI=1S/C14H20N2O2.ClH/c1-2-18-13(12-6-4-3-5-7-12)14(17)16-10-8-15-9-11-16;/h3-7,13,15H,2,8-11H2,1H3;1H. The Morgan fingerprint density at radius 1 is 1.32 bits per heavy atom. The summed E-state index contributed by atoms with van der Waals surface area (Å²) in [7, 11) is 0. The van der Waals surface area contributed by atoms with Crippen molar-refractivity contribution in [2.24, 2.45) is 0 Å². The Morgan fingerprint density at radius 2 is 1.95 bits per heavy atom. The van der Waals surface area contributed by atoms with Crippen LogP contribution < -0.4 is 5.32 Å². The molecule has 1 amide bonds. The first-order valence-corrected chi connectivity index (χ1v) is 6.49. The molecule has 19 heavy (non-hydrogen) atoms. The van der Waals surface area contributed by atoms with Crippen LogP contribution in [0.25, 0.3) is 0 Å². The molecule has 1 heterocycles. The average Bonchev–Trinajstić information content (AvgIpc) is 2.46. The molecule has 2 rings (SSSR count). The Kier molecular flexibility index (Phi) is 6.84. The fourth-order valence-electron chi connectivity index (χ4n) is 2.16. The predicted octanol–water partition coefficient (Wildman–Crippen LogP) is 1.62. The topological polar surface area (TPSA) is 41.6 Å². The van der Waals surface area contributed by atoms with Gasteiger partial charge in [-0.15, -0.1) is 12.4 Å². The summed E-state index contributed by atoms with van der Waals surface area (Å²) in [6, 6.07) is 9.71. The highest BCUT2D eigenvalue weighted by molar-refractivity contribution is 5.85. The van der Waals surface area contributed by atoms with Crippen molar-refractivity contribution < 1.29 is 9.53 Å². The van der Waals surface area contributed by atoms with Crippen LogP contribution in [0, 0.1) is 0 Å². The monoisotopic (exact) mass is 284 g/mol. The Labute approximate surface area is 120 Å². The predicted molar refractivity (Wildman–Crippen MR) is 77.5 cm³/mol. The maximum atomic E-state index is 12.5. The van der Waals surface area contributed by atoms with Crippen molar-refractivity contribution in [1.29, 1.82) is 0 Å². The van der Waals surface area contributed by atoms with Crippen LogP contribution in [-0.2, 0) is 9.53 Å². The van der Waals surface area contributed by atoms with E-state index in [9.17, 15) is 4.79 Å². The lowest BCUT2D eigenvalue weighted by Gasteiger charge is -2.30. The minimum Gasteiger partial charge on any atom is -0.364 e. The number of rotatable bonds is 4. The second-order valence-electron chi connectivity index (χ2n) is 4.32. The molecule has 0 saturated carbocycles. The van der Waals surface area contributed by atoms with E-state index in [0.29, 0.717) is 6.61 Å². The van der Waals surface area contributed by atoms with E-state index in [1.807, 2.05) is 42.2 Å². The second-order valence-corrected chi connectivity index (χ2v) is 4.32. The van der Waals surface area contributed by atoms with Gasteiger partial charge in [0.1, 0.15) is 0 Å². The zero-order chi connectivity index (χ0) is 12.8. The van der Waals surface area contributed by atoms with Gasteiger partial charge >= 0.3 is 0 Å². The maximum Gasteiger partial charge on any atom is 0.256 e. The lowest BCUT2D eigenvalue weighted by molar-refractivity contribution is -0.144. The first-order chi connectivity index (χ1) is 8.83. The summed E-state index contributed by atoms with van der Waals surface area (Å²) in [4.78, 5) is 14.3. The molecular weight excluding hydrogens is 264 g/mol. The van der Waals surface area contributed by atoms with E-state index in [4.69, 9.17) is 4.74 Å². The number of nitrogens with zero attached hydrogens (tertiary/aromatic N) is 1. The van der Waals surface area contributed by atoms with Gasteiger partial charge in [0.15, 0.2) is 6.10 Å². The van der Waals surface area contributed by atoms with Crippen molar-refractivity contribution in [1.82, 2.24) is 10.2 Å². The number of ether oxygens (including phenoxy) is 1. The Bertz CT molecular complexity index is 380. The number of carbonyl (C=O) groups excluding carboxylic acids is 1.